The molecule has 1 N–H and O–H groups in total. The van der Waals surface area contributed by atoms with Gasteiger partial charge in [-0.25, -0.2) is 14.4 Å². The molecule has 0 aliphatic heterocycles. The van der Waals surface area contributed by atoms with Crippen LogP contribution in [0.3, 0.4) is 0 Å². The van der Waals surface area contributed by atoms with Gasteiger partial charge >= 0.3 is 0 Å². The van der Waals surface area contributed by atoms with Gasteiger partial charge in [0.1, 0.15) is 11.6 Å². The van der Waals surface area contributed by atoms with Crippen LogP contribution in [-0.4, -0.2) is 17.0 Å². The molecule has 1 saturated carbocycles. The van der Waals surface area contributed by atoms with E-state index < -0.39 is 0 Å². The summed E-state index contributed by atoms with van der Waals surface area (Å²) < 4.78 is 13.6. The van der Waals surface area contributed by atoms with Crippen LogP contribution in [0.2, 0.25) is 0 Å². The van der Waals surface area contributed by atoms with Gasteiger partial charge in [-0.05, 0) is 43.5 Å². The average molecular weight is 285 g/mol. The zero-order chi connectivity index (χ0) is 14.8. The van der Waals surface area contributed by atoms with E-state index in [9.17, 15) is 4.39 Å². The van der Waals surface area contributed by atoms with Crippen molar-refractivity contribution >= 4 is 5.82 Å². The summed E-state index contributed by atoms with van der Waals surface area (Å²) in [5.74, 6) is 1.66. The van der Waals surface area contributed by atoms with Crippen molar-refractivity contribution in [2.45, 2.75) is 38.5 Å². The number of aryl methyl sites for hydroxylation is 1. The second-order valence-electron chi connectivity index (χ2n) is 5.75. The number of halogens is 1. The van der Waals surface area contributed by atoms with Crippen molar-refractivity contribution in [3.63, 3.8) is 0 Å². The van der Waals surface area contributed by atoms with E-state index in [0.29, 0.717) is 11.7 Å². The highest BCUT2D eigenvalue weighted by Crippen LogP contribution is 2.34. The quantitative estimate of drug-likeness (QED) is 0.914. The van der Waals surface area contributed by atoms with E-state index in [0.717, 1.165) is 22.6 Å². The maximum atomic E-state index is 13.6. The molecule has 0 atom stereocenters. The number of benzene rings is 1. The fourth-order valence-electron chi connectivity index (χ4n) is 3.02. The number of hydrogen-bond acceptors (Lipinski definition) is 3. The summed E-state index contributed by atoms with van der Waals surface area (Å²) in [6, 6.07) is 6.96. The summed E-state index contributed by atoms with van der Waals surface area (Å²) in [7, 11) is 1.85. The SMILES string of the molecule is CNc1cc(C2CCCC2)nc(-c2cc(C)cc(F)c2)n1. The lowest BCUT2D eigenvalue weighted by molar-refractivity contribution is 0.627. The zero-order valence-electron chi connectivity index (χ0n) is 12.5. The van der Waals surface area contributed by atoms with Crippen molar-refractivity contribution < 1.29 is 4.39 Å². The van der Waals surface area contributed by atoms with Crippen molar-refractivity contribution in [2.75, 3.05) is 12.4 Å². The lowest BCUT2D eigenvalue weighted by Gasteiger charge is -2.12. The van der Waals surface area contributed by atoms with E-state index in [1.165, 1.54) is 37.8 Å². The first-order valence-electron chi connectivity index (χ1n) is 7.50. The van der Waals surface area contributed by atoms with E-state index >= 15 is 0 Å². The Morgan fingerprint density at radius 2 is 1.86 bits per heavy atom. The molecule has 3 nitrogen and oxygen atoms in total. The number of rotatable bonds is 3. The number of anilines is 1. The first-order valence-corrected chi connectivity index (χ1v) is 7.50. The van der Waals surface area contributed by atoms with Gasteiger partial charge in [0.15, 0.2) is 5.82 Å². The van der Waals surface area contributed by atoms with Crippen LogP contribution >= 0.6 is 0 Å². The summed E-state index contributed by atoms with van der Waals surface area (Å²) in [4.78, 5) is 9.18. The van der Waals surface area contributed by atoms with Crippen molar-refractivity contribution in [2.24, 2.45) is 0 Å². The minimum absolute atomic E-state index is 0.245. The van der Waals surface area contributed by atoms with Crippen molar-refractivity contribution in [3.8, 4) is 11.4 Å². The molecule has 3 rings (SSSR count). The number of hydrogen-bond donors (Lipinski definition) is 1. The third-order valence-electron chi connectivity index (χ3n) is 4.08. The Balaban J connectivity index is 2.06. The molecule has 1 aliphatic rings. The summed E-state index contributed by atoms with van der Waals surface area (Å²) >= 11 is 0. The molecule has 0 bridgehead atoms. The molecule has 21 heavy (non-hydrogen) atoms. The van der Waals surface area contributed by atoms with Crippen LogP contribution in [0.15, 0.2) is 24.3 Å². The normalized spacial score (nSPS) is 15.4. The first kappa shape index (κ1) is 14.0. The summed E-state index contributed by atoms with van der Waals surface area (Å²) in [6.07, 6.45) is 4.89. The molecule has 1 heterocycles. The third-order valence-corrected chi connectivity index (χ3v) is 4.08. The van der Waals surface area contributed by atoms with Gasteiger partial charge in [-0.15, -0.1) is 0 Å². The molecular formula is C17H20FN3. The Hall–Kier alpha value is -1.97. The van der Waals surface area contributed by atoms with Gasteiger partial charge < -0.3 is 5.32 Å². The fraction of sp³-hybridized carbons (Fsp3) is 0.412. The minimum Gasteiger partial charge on any atom is -0.373 e. The molecule has 0 unspecified atom stereocenters. The Bertz CT molecular complexity index is 628. The van der Waals surface area contributed by atoms with Crippen LogP contribution in [0, 0.1) is 12.7 Å². The van der Waals surface area contributed by atoms with Gasteiger partial charge in [-0.3, -0.25) is 0 Å². The molecule has 0 radical (unpaired) electrons. The lowest BCUT2D eigenvalue weighted by Crippen LogP contribution is -2.04. The molecule has 1 aromatic carbocycles. The van der Waals surface area contributed by atoms with Crippen LogP contribution in [0.5, 0.6) is 0 Å². The molecule has 4 heteroatoms. The average Bonchev–Trinajstić information content (AvgIpc) is 3.00. The second kappa shape index (κ2) is 5.80. The van der Waals surface area contributed by atoms with Gasteiger partial charge in [0.05, 0.1) is 0 Å². The number of aromatic nitrogens is 2. The highest BCUT2D eigenvalue weighted by Gasteiger charge is 2.20. The molecule has 0 amide bonds. The minimum atomic E-state index is -0.245. The van der Waals surface area contributed by atoms with Crippen molar-refractivity contribution in [3.05, 3.63) is 41.3 Å². The Morgan fingerprint density at radius 3 is 2.52 bits per heavy atom. The van der Waals surface area contributed by atoms with Gasteiger partial charge in [0, 0.05) is 30.3 Å². The highest BCUT2D eigenvalue weighted by molar-refractivity contribution is 5.59. The molecule has 0 saturated heterocycles. The van der Waals surface area contributed by atoms with Crippen molar-refractivity contribution in [1.29, 1.82) is 0 Å². The smallest absolute Gasteiger partial charge is 0.161 e. The van der Waals surface area contributed by atoms with E-state index in [-0.39, 0.29) is 5.82 Å². The monoisotopic (exact) mass is 285 g/mol. The van der Waals surface area contributed by atoms with Gasteiger partial charge in [0.2, 0.25) is 0 Å². The Morgan fingerprint density at radius 1 is 1.10 bits per heavy atom. The van der Waals surface area contributed by atoms with Gasteiger partial charge in [0.25, 0.3) is 0 Å². The maximum Gasteiger partial charge on any atom is 0.161 e. The molecule has 1 aromatic heterocycles. The van der Waals surface area contributed by atoms with E-state index in [1.807, 2.05) is 26.1 Å². The molecular weight excluding hydrogens is 265 g/mol. The predicted octanol–water partition coefficient (Wildman–Crippen LogP) is 4.29. The largest absolute Gasteiger partial charge is 0.373 e. The summed E-state index contributed by atoms with van der Waals surface area (Å²) in [5, 5.41) is 3.09. The zero-order valence-corrected chi connectivity index (χ0v) is 12.5. The lowest BCUT2D eigenvalue weighted by atomic mass is 10.0. The van der Waals surface area contributed by atoms with E-state index in [4.69, 9.17) is 4.98 Å². The van der Waals surface area contributed by atoms with Crippen LogP contribution in [0.4, 0.5) is 10.2 Å². The Kier molecular flexibility index (Phi) is 3.86. The van der Waals surface area contributed by atoms with E-state index in [1.54, 1.807) is 0 Å². The van der Waals surface area contributed by atoms with Crippen molar-refractivity contribution in [1.82, 2.24) is 9.97 Å². The van der Waals surface area contributed by atoms with Gasteiger partial charge in [-0.2, -0.15) is 0 Å². The predicted molar refractivity (Wildman–Crippen MR) is 82.9 cm³/mol. The molecule has 2 aromatic rings. The third kappa shape index (κ3) is 3.04. The first-order chi connectivity index (χ1) is 10.2. The molecule has 1 fully saturated rings. The van der Waals surface area contributed by atoms with Gasteiger partial charge in [-0.1, -0.05) is 12.8 Å². The molecule has 110 valence electrons. The highest BCUT2D eigenvalue weighted by atomic mass is 19.1. The van der Waals surface area contributed by atoms with Crippen LogP contribution in [0.25, 0.3) is 11.4 Å². The number of nitrogens with zero attached hydrogens (tertiary/aromatic N) is 2. The maximum absolute atomic E-state index is 13.6. The van der Waals surface area contributed by atoms with E-state index in [2.05, 4.69) is 10.3 Å². The second-order valence-corrected chi connectivity index (χ2v) is 5.75. The van der Waals surface area contributed by atoms with Crippen LogP contribution < -0.4 is 5.32 Å². The fourth-order valence-corrected chi connectivity index (χ4v) is 3.02. The molecule has 1 aliphatic carbocycles. The topological polar surface area (TPSA) is 37.8 Å². The number of nitrogens with one attached hydrogen (secondary N) is 1. The standard InChI is InChI=1S/C17H20FN3/c1-11-7-13(9-14(18)8-11)17-20-15(10-16(19-2)21-17)12-5-3-4-6-12/h7-10,12H,3-6H2,1-2H3,(H,19,20,21). The molecule has 0 spiro atoms. The summed E-state index contributed by atoms with van der Waals surface area (Å²) in [6.45, 7) is 1.88. The van der Waals surface area contributed by atoms with Crippen LogP contribution in [-0.2, 0) is 0 Å². The van der Waals surface area contributed by atoms with Crippen LogP contribution in [0.1, 0.15) is 42.9 Å². The summed E-state index contributed by atoms with van der Waals surface area (Å²) in [5.41, 5.74) is 2.69. The Labute approximate surface area is 124 Å².